The molecule has 1 heterocycles. The zero-order chi connectivity index (χ0) is 8.27. The second-order valence-electron chi connectivity index (χ2n) is 1.82. The molecule has 0 unspecified atom stereocenters. The molecule has 0 spiro atoms. The van der Waals surface area contributed by atoms with E-state index in [0.29, 0.717) is 5.56 Å². The smallest absolute Gasteiger partial charge is 0.162 e. The highest BCUT2D eigenvalue weighted by atomic mass is 35.5. The molecule has 1 aromatic heterocycles. The van der Waals surface area contributed by atoms with Crippen LogP contribution in [0.25, 0.3) is 0 Å². The van der Waals surface area contributed by atoms with Gasteiger partial charge in [-0.1, -0.05) is 11.6 Å². The summed E-state index contributed by atoms with van der Waals surface area (Å²) in [5.41, 5.74) is 0.443. The van der Waals surface area contributed by atoms with Gasteiger partial charge in [-0.2, -0.15) is 9.64 Å². The van der Waals surface area contributed by atoms with E-state index in [-0.39, 0.29) is 5.15 Å². The van der Waals surface area contributed by atoms with Crippen molar-refractivity contribution in [3.05, 3.63) is 10.7 Å². The van der Waals surface area contributed by atoms with E-state index in [2.05, 4.69) is 9.69 Å². The maximum absolute atomic E-state index is 8.61. The van der Waals surface area contributed by atoms with Crippen molar-refractivity contribution >= 4 is 28.1 Å². The second-order valence-corrected chi connectivity index (χ2v) is 2.95. The Balaban J connectivity index is 2.98. The molecule has 1 aromatic rings. The van der Waals surface area contributed by atoms with Crippen LogP contribution in [0, 0.1) is 11.3 Å². The molecule has 1 rings (SSSR count). The Labute approximate surface area is 73.8 Å². The van der Waals surface area contributed by atoms with E-state index < -0.39 is 0 Å². The molecule has 0 aromatic carbocycles. The van der Waals surface area contributed by atoms with Gasteiger partial charge in [0.05, 0.1) is 0 Å². The van der Waals surface area contributed by atoms with Gasteiger partial charge in [0.15, 0.2) is 5.15 Å². The number of aromatic nitrogens is 1. The largest absolute Gasteiger partial charge is 0.375 e. The van der Waals surface area contributed by atoms with E-state index in [4.69, 9.17) is 16.9 Å². The number of anilines is 1. The van der Waals surface area contributed by atoms with E-state index in [1.807, 2.05) is 13.0 Å². The zero-order valence-corrected chi connectivity index (χ0v) is 7.46. The maximum atomic E-state index is 8.61. The van der Waals surface area contributed by atoms with Crippen LogP contribution in [0.2, 0.25) is 5.15 Å². The van der Waals surface area contributed by atoms with Gasteiger partial charge in [0.25, 0.3) is 0 Å². The Morgan fingerprint density at radius 3 is 3.09 bits per heavy atom. The van der Waals surface area contributed by atoms with Gasteiger partial charge in [0.2, 0.25) is 0 Å². The third-order valence-electron chi connectivity index (χ3n) is 1.10. The van der Waals surface area contributed by atoms with Crippen molar-refractivity contribution in [1.29, 1.82) is 5.26 Å². The summed E-state index contributed by atoms with van der Waals surface area (Å²) in [6.07, 6.45) is 0. The monoisotopic (exact) mass is 187 g/mol. The normalized spacial score (nSPS) is 9.18. The molecular formula is C6H6ClN3S. The van der Waals surface area contributed by atoms with Crippen LogP contribution in [-0.2, 0) is 0 Å². The van der Waals surface area contributed by atoms with Crippen molar-refractivity contribution in [2.24, 2.45) is 0 Å². The number of hydrogen-bond donors (Lipinski definition) is 1. The van der Waals surface area contributed by atoms with Gasteiger partial charge < -0.3 is 5.32 Å². The molecule has 0 fully saturated rings. The fraction of sp³-hybridized carbons (Fsp3) is 0.333. The van der Waals surface area contributed by atoms with E-state index in [1.165, 1.54) is 11.5 Å². The number of nitrogens with zero attached hydrogens (tertiary/aromatic N) is 2. The van der Waals surface area contributed by atoms with Crippen molar-refractivity contribution in [3.63, 3.8) is 0 Å². The summed E-state index contributed by atoms with van der Waals surface area (Å²) < 4.78 is 3.83. The van der Waals surface area contributed by atoms with Crippen LogP contribution >= 0.6 is 23.1 Å². The lowest BCUT2D eigenvalue weighted by atomic mass is 10.4. The molecule has 0 aliphatic heterocycles. The van der Waals surface area contributed by atoms with Crippen LogP contribution in [0.5, 0.6) is 0 Å². The Hall–Kier alpha value is -0.790. The maximum Gasteiger partial charge on any atom is 0.162 e. The highest BCUT2D eigenvalue weighted by molar-refractivity contribution is 7.10. The highest BCUT2D eigenvalue weighted by Gasteiger charge is 2.09. The second kappa shape index (κ2) is 3.56. The van der Waals surface area contributed by atoms with E-state index >= 15 is 0 Å². The van der Waals surface area contributed by atoms with Crippen LogP contribution in [0.15, 0.2) is 0 Å². The average molecular weight is 188 g/mol. The minimum atomic E-state index is 0.286. The molecule has 0 saturated heterocycles. The van der Waals surface area contributed by atoms with Crippen LogP contribution in [0.1, 0.15) is 12.5 Å². The van der Waals surface area contributed by atoms with E-state index in [0.717, 1.165) is 11.5 Å². The van der Waals surface area contributed by atoms with Gasteiger partial charge >= 0.3 is 0 Å². The lowest BCUT2D eigenvalue weighted by Gasteiger charge is -1.95. The Morgan fingerprint density at radius 2 is 2.55 bits per heavy atom. The van der Waals surface area contributed by atoms with E-state index in [1.54, 1.807) is 0 Å². The SMILES string of the molecule is CCNc1snc(Cl)c1C#N. The molecule has 0 amide bonds. The first-order chi connectivity index (χ1) is 5.29. The van der Waals surface area contributed by atoms with Crippen molar-refractivity contribution < 1.29 is 0 Å². The van der Waals surface area contributed by atoms with E-state index in [9.17, 15) is 0 Å². The van der Waals surface area contributed by atoms with Crippen molar-refractivity contribution in [2.75, 3.05) is 11.9 Å². The zero-order valence-electron chi connectivity index (χ0n) is 5.89. The lowest BCUT2D eigenvalue weighted by Crippen LogP contribution is -1.95. The third kappa shape index (κ3) is 1.62. The minimum Gasteiger partial charge on any atom is -0.375 e. The summed E-state index contributed by atoms with van der Waals surface area (Å²) in [7, 11) is 0. The minimum absolute atomic E-state index is 0.286. The molecule has 3 nitrogen and oxygen atoms in total. The Kier molecular flexibility index (Phi) is 2.69. The first-order valence-corrected chi connectivity index (χ1v) is 4.23. The van der Waals surface area contributed by atoms with Gasteiger partial charge in [-0.3, -0.25) is 0 Å². The molecule has 0 saturated carbocycles. The molecule has 0 aliphatic rings. The molecule has 0 radical (unpaired) electrons. The number of nitrogens with one attached hydrogen (secondary N) is 1. The number of hydrogen-bond acceptors (Lipinski definition) is 4. The molecule has 5 heteroatoms. The van der Waals surface area contributed by atoms with Crippen LogP contribution in [-0.4, -0.2) is 10.9 Å². The summed E-state index contributed by atoms with van der Waals surface area (Å²) in [6.45, 7) is 2.72. The van der Waals surface area contributed by atoms with Gasteiger partial charge in [0, 0.05) is 6.54 Å². The predicted octanol–water partition coefficient (Wildman–Crippen LogP) is 2.10. The molecular weight excluding hydrogens is 182 g/mol. The standard InChI is InChI=1S/C6H6ClN3S/c1-2-9-6-4(3-8)5(7)10-11-6/h9H,2H2,1H3. The van der Waals surface area contributed by atoms with Crippen molar-refractivity contribution in [2.45, 2.75) is 6.92 Å². The summed E-state index contributed by atoms with van der Waals surface area (Å²) >= 11 is 6.83. The van der Waals surface area contributed by atoms with Crippen molar-refractivity contribution in [3.8, 4) is 6.07 Å². The fourth-order valence-corrected chi connectivity index (χ4v) is 1.65. The Morgan fingerprint density at radius 1 is 1.82 bits per heavy atom. The van der Waals surface area contributed by atoms with Crippen LogP contribution < -0.4 is 5.32 Å². The summed E-state index contributed by atoms with van der Waals surface area (Å²) in [5.74, 6) is 0. The third-order valence-corrected chi connectivity index (χ3v) is 2.28. The number of rotatable bonds is 2. The summed E-state index contributed by atoms with van der Waals surface area (Å²) in [4.78, 5) is 0. The first kappa shape index (κ1) is 8.31. The topological polar surface area (TPSA) is 48.7 Å². The fourth-order valence-electron chi connectivity index (χ4n) is 0.649. The van der Waals surface area contributed by atoms with Crippen LogP contribution in [0.3, 0.4) is 0 Å². The lowest BCUT2D eigenvalue weighted by molar-refractivity contribution is 1.22. The summed E-state index contributed by atoms with van der Waals surface area (Å²) in [5, 5.41) is 12.6. The van der Waals surface area contributed by atoms with Gasteiger partial charge in [0.1, 0.15) is 16.6 Å². The van der Waals surface area contributed by atoms with Crippen LogP contribution in [0.4, 0.5) is 5.00 Å². The number of nitriles is 1. The number of halogens is 1. The highest BCUT2D eigenvalue weighted by Crippen LogP contribution is 2.26. The van der Waals surface area contributed by atoms with Crippen molar-refractivity contribution in [1.82, 2.24) is 4.37 Å². The molecule has 1 N–H and O–H groups in total. The first-order valence-electron chi connectivity index (χ1n) is 3.08. The van der Waals surface area contributed by atoms with Gasteiger partial charge in [-0.15, -0.1) is 0 Å². The molecule has 11 heavy (non-hydrogen) atoms. The van der Waals surface area contributed by atoms with Gasteiger partial charge in [-0.05, 0) is 18.5 Å². The molecule has 58 valence electrons. The predicted molar refractivity (Wildman–Crippen MR) is 46.0 cm³/mol. The molecule has 0 bridgehead atoms. The molecule has 0 aliphatic carbocycles. The average Bonchev–Trinajstić information content (AvgIpc) is 2.33. The quantitative estimate of drug-likeness (QED) is 0.772. The summed E-state index contributed by atoms with van der Waals surface area (Å²) in [6, 6.07) is 1.98. The van der Waals surface area contributed by atoms with Gasteiger partial charge in [-0.25, -0.2) is 0 Å². The molecule has 0 atom stereocenters. The Bertz CT molecular complexity index is 289.